The summed E-state index contributed by atoms with van der Waals surface area (Å²) >= 11 is 0. The van der Waals surface area contributed by atoms with Crippen LogP contribution >= 0.6 is 0 Å². The number of hydrogen-bond donors (Lipinski definition) is 1. The molecule has 0 radical (unpaired) electrons. The Kier molecular flexibility index (Phi) is 22.0. The van der Waals surface area contributed by atoms with E-state index >= 15 is 0 Å². The van der Waals surface area contributed by atoms with Crippen LogP contribution in [0.4, 0.5) is 0 Å². The van der Waals surface area contributed by atoms with Crippen LogP contribution in [0.15, 0.2) is 0 Å². The predicted octanol–water partition coefficient (Wildman–Crippen LogP) is 9.51. The van der Waals surface area contributed by atoms with Gasteiger partial charge in [0.15, 0.2) is 0 Å². The third-order valence-electron chi connectivity index (χ3n) is 6.47. The number of aliphatic hydroxyl groups excluding tert-OH is 1. The zero-order valence-electron chi connectivity index (χ0n) is 20.2. The number of aliphatic hydroxyl groups is 1. The highest BCUT2D eigenvalue weighted by atomic mass is 28.3. The standard InChI is InChI=1S/C26H56OSi/c1-4-5-6-7-8-9-10-11-12-13-14-15-16-19-22-25-28(2,3)26-23-20-17-18-21-24-27/h27H,4-26H2,1-3H3. The Balaban J connectivity index is 3.24. The first-order chi connectivity index (χ1) is 13.6. The van der Waals surface area contributed by atoms with E-state index in [2.05, 4.69) is 20.0 Å². The lowest BCUT2D eigenvalue weighted by Crippen LogP contribution is -2.24. The molecule has 0 spiro atoms. The average Bonchev–Trinajstić information content (AvgIpc) is 2.67. The Bertz CT molecular complexity index is 290. The Morgan fingerprint density at radius 2 is 0.714 bits per heavy atom. The normalized spacial score (nSPS) is 12.0. The molecular weight excluding hydrogens is 356 g/mol. The van der Waals surface area contributed by atoms with Crippen LogP contribution in [0.1, 0.15) is 135 Å². The zero-order chi connectivity index (χ0) is 20.8. The van der Waals surface area contributed by atoms with Gasteiger partial charge in [-0.15, -0.1) is 0 Å². The molecule has 0 unspecified atom stereocenters. The fourth-order valence-electron chi connectivity index (χ4n) is 4.35. The van der Waals surface area contributed by atoms with Gasteiger partial charge in [0.05, 0.1) is 0 Å². The van der Waals surface area contributed by atoms with Crippen molar-refractivity contribution in [2.24, 2.45) is 0 Å². The third kappa shape index (κ3) is 22.5. The van der Waals surface area contributed by atoms with E-state index in [9.17, 15) is 0 Å². The molecule has 0 bridgehead atoms. The summed E-state index contributed by atoms with van der Waals surface area (Å²) in [6, 6.07) is 3.06. The lowest BCUT2D eigenvalue weighted by Gasteiger charge is -2.22. The van der Waals surface area contributed by atoms with Crippen LogP contribution < -0.4 is 0 Å². The van der Waals surface area contributed by atoms with Crippen molar-refractivity contribution in [1.82, 2.24) is 0 Å². The van der Waals surface area contributed by atoms with Gasteiger partial charge in [0.1, 0.15) is 0 Å². The van der Waals surface area contributed by atoms with Crippen molar-refractivity contribution in [1.29, 1.82) is 0 Å². The summed E-state index contributed by atoms with van der Waals surface area (Å²) in [5, 5.41) is 8.82. The van der Waals surface area contributed by atoms with Gasteiger partial charge in [-0.1, -0.05) is 154 Å². The number of hydrogen-bond acceptors (Lipinski definition) is 1. The van der Waals surface area contributed by atoms with Crippen molar-refractivity contribution in [2.45, 2.75) is 161 Å². The van der Waals surface area contributed by atoms with E-state index < -0.39 is 8.07 Å². The summed E-state index contributed by atoms with van der Waals surface area (Å²) in [5.41, 5.74) is 0. The molecule has 0 aliphatic heterocycles. The fourth-order valence-corrected chi connectivity index (χ4v) is 7.01. The van der Waals surface area contributed by atoms with Crippen LogP contribution in [-0.4, -0.2) is 19.8 Å². The van der Waals surface area contributed by atoms with Gasteiger partial charge in [-0.05, 0) is 6.42 Å². The van der Waals surface area contributed by atoms with Gasteiger partial charge >= 0.3 is 0 Å². The summed E-state index contributed by atoms with van der Waals surface area (Å²) in [6.07, 6.45) is 28.4. The van der Waals surface area contributed by atoms with Gasteiger partial charge in [-0.3, -0.25) is 0 Å². The Morgan fingerprint density at radius 3 is 1.04 bits per heavy atom. The maximum Gasteiger partial charge on any atom is 0.0473 e. The van der Waals surface area contributed by atoms with Crippen molar-refractivity contribution in [3.63, 3.8) is 0 Å². The molecule has 0 saturated carbocycles. The largest absolute Gasteiger partial charge is 0.396 e. The van der Waals surface area contributed by atoms with Gasteiger partial charge in [-0.2, -0.15) is 0 Å². The first-order valence-electron chi connectivity index (χ1n) is 13.2. The van der Waals surface area contributed by atoms with E-state index in [1.54, 1.807) is 6.04 Å². The van der Waals surface area contributed by atoms with Crippen LogP contribution in [0.3, 0.4) is 0 Å². The zero-order valence-corrected chi connectivity index (χ0v) is 21.2. The van der Waals surface area contributed by atoms with E-state index in [-0.39, 0.29) is 0 Å². The molecule has 170 valence electrons. The Labute approximate surface area is 180 Å². The van der Waals surface area contributed by atoms with Crippen molar-refractivity contribution in [3.05, 3.63) is 0 Å². The summed E-state index contributed by atoms with van der Waals surface area (Å²) in [7, 11) is -0.926. The highest BCUT2D eigenvalue weighted by Gasteiger charge is 2.18. The van der Waals surface area contributed by atoms with E-state index in [0.29, 0.717) is 6.61 Å². The van der Waals surface area contributed by atoms with Crippen molar-refractivity contribution >= 4 is 8.07 Å². The van der Waals surface area contributed by atoms with Gasteiger partial charge in [-0.25, -0.2) is 0 Å². The van der Waals surface area contributed by atoms with E-state index in [0.717, 1.165) is 6.42 Å². The molecule has 1 nitrogen and oxygen atoms in total. The average molecular weight is 413 g/mol. The molecule has 0 rings (SSSR count). The van der Waals surface area contributed by atoms with Crippen LogP contribution in [0.5, 0.6) is 0 Å². The molecule has 0 atom stereocenters. The van der Waals surface area contributed by atoms with Gasteiger partial charge < -0.3 is 5.11 Å². The first-order valence-corrected chi connectivity index (χ1v) is 16.6. The maximum atomic E-state index is 8.82. The topological polar surface area (TPSA) is 20.2 Å². The first kappa shape index (κ1) is 28.2. The minimum atomic E-state index is -0.926. The monoisotopic (exact) mass is 412 g/mol. The SMILES string of the molecule is CCCCCCCCCCCCCCCCC[Si](C)(C)CCCCCCCO. The molecule has 0 saturated heterocycles. The lowest BCUT2D eigenvalue weighted by atomic mass is 10.0. The second-order valence-corrected chi connectivity index (χ2v) is 15.4. The summed E-state index contributed by atoms with van der Waals surface area (Å²) < 4.78 is 0. The second kappa shape index (κ2) is 21.9. The van der Waals surface area contributed by atoms with Crippen LogP contribution in [0.2, 0.25) is 25.2 Å². The highest BCUT2D eigenvalue weighted by molar-refractivity contribution is 6.77. The maximum absolute atomic E-state index is 8.82. The molecule has 0 heterocycles. The van der Waals surface area contributed by atoms with Crippen molar-refractivity contribution < 1.29 is 5.11 Å². The van der Waals surface area contributed by atoms with Crippen LogP contribution in [0, 0.1) is 0 Å². The molecule has 0 aromatic rings. The van der Waals surface area contributed by atoms with Crippen molar-refractivity contribution in [3.8, 4) is 0 Å². The van der Waals surface area contributed by atoms with Gasteiger partial charge in [0.2, 0.25) is 0 Å². The summed E-state index contributed by atoms with van der Waals surface area (Å²) in [4.78, 5) is 0. The Hall–Kier alpha value is 0.177. The number of rotatable bonds is 23. The van der Waals surface area contributed by atoms with Crippen LogP contribution in [0.25, 0.3) is 0 Å². The molecular formula is C26H56OSi. The van der Waals surface area contributed by atoms with E-state index in [1.807, 2.05) is 0 Å². The second-order valence-electron chi connectivity index (χ2n) is 10.1. The van der Waals surface area contributed by atoms with E-state index in [4.69, 9.17) is 5.11 Å². The Morgan fingerprint density at radius 1 is 0.429 bits per heavy atom. The van der Waals surface area contributed by atoms with E-state index in [1.165, 1.54) is 128 Å². The number of unbranched alkanes of at least 4 members (excludes halogenated alkanes) is 18. The minimum absolute atomic E-state index is 0.374. The molecule has 0 aromatic carbocycles. The third-order valence-corrected chi connectivity index (χ3v) is 9.88. The smallest absolute Gasteiger partial charge is 0.0473 e. The highest BCUT2D eigenvalue weighted by Crippen LogP contribution is 2.23. The molecule has 0 aromatic heterocycles. The van der Waals surface area contributed by atoms with Crippen molar-refractivity contribution in [2.75, 3.05) is 6.61 Å². The van der Waals surface area contributed by atoms with Gasteiger partial charge in [0, 0.05) is 14.7 Å². The summed E-state index contributed by atoms with van der Waals surface area (Å²) in [6.45, 7) is 7.88. The van der Waals surface area contributed by atoms with Gasteiger partial charge in [0.25, 0.3) is 0 Å². The minimum Gasteiger partial charge on any atom is -0.396 e. The lowest BCUT2D eigenvalue weighted by molar-refractivity contribution is 0.282. The molecule has 0 fully saturated rings. The molecule has 1 N–H and O–H groups in total. The quantitative estimate of drug-likeness (QED) is 0.131. The molecule has 2 heteroatoms. The van der Waals surface area contributed by atoms with Crippen LogP contribution in [-0.2, 0) is 0 Å². The fraction of sp³-hybridized carbons (Fsp3) is 1.00. The predicted molar refractivity (Wildman–Crippen MR) is 132 cm³/mol. The molecule has 28 heavy (non-hydrogen) atoms. The molecule has 0 aliphatic rings. The molecule has 0 amide bonds. The summed E-state index contributed by atoms with van der Waals surface area (Å²) in [5.74, 6) is 0. The molecule has 0 aliphatic carbocycles.